The molecule has 1 unspecified atom stereocenters. The van der Waals surface area contributed by atoms with Gasteiger partial charge in [0.15, 0.2) is 0 Å². The van der Waals surface area contributed by atoms with Crippen LogP contribution in [0.4, 0.5) is 5.69 Å². The Morgan fingerprint density at radius 2 is 2.11 bits per heavy atom. The van der Waals surface area contributed by atoms with E-state index in [1.165, 1.54) is 0 Å². The van der Waals surface area contributed by atoms with E-state index in [1.807, 2.05) is 31.2 Å². The SMILES string of the molecule is C=CCNCC(=O)Nc1ccc(OC(C)CC)cc1. The van der Waals surface area contributed by atoms with Gasteiger partial charge in [-0.1, -0.05) is 13.0 Å². The maximum Gasteiger partial charge on any atom is 0.238 e. The van der Waals surface area contributed by atoms with E-state index in [1.54, 1.807) is 6.08 Å². The second-order valence-corrected chi connectivity index (χ2v) is 4.33. The molecule has 104 valence electrons. The highest BCUT2D eigenvalue weighted by atomic mass is 16.5. The third-order valence-electron chi connectivity index (χ3n) is 2.62. The zero-order valence-corrected chi connectivity index (χ0v) is 11.6. The van der Waals surface area contributed by atoms with Crippen LogP contribution in [0.3, 0.4) is 0 Å². The Morgan fingerprint density at radius 1 is 1.42 bits per heavy atom. The molecule has 0 radical (unpaired) electrons. The molecule has 1 aromatic rings. The van der Waals surface area contributed by atoms with Crippen molar-refractivity contribution in [3.8, 4) is 5.75 Å². The van der Waals surface area contributed by atoms with Gasteiger partial charge in [0, 0.05) is 12.2 Å². The fourth-order valence-corrected chi connectivity index (χ4v) is 1.43. The summed E-state index contributed by atoms with van der Waals surface area (Å²) in [6, 6.07) is 7.39. The number of amides is 1. The van der Waals surface area contributed by atoms with Crippen LogP contribution in [0.5, 0.6) is 5.75 Å². The predicted molar refractivity (Wildman–Crippen MR) is 78.5 cm³/mol. The molecule has 0 aliphatic rings. The van der Waals surface area contributed by atoms with Crippen molar-refractivity contribution >= 4 is 11.6 Å². The van der Waals surface area contributed by atoms with Crippen LogP contribution in [0.1, 0.15) is 20.3 Å². The van der Waals surface area contributed by atoms with E-state index in [0.29, 0.717) is 6.54 Å². The molecule has 1 amide bonds. The summed E-state index contributed by atoms with van der Waals surface area (Å²) in [6.45, 7) is 8.58. The molecule has 1 atom stereocenters. The van der Waals surface area contributed by atoms with Crippen molar-refractivity contribution in [2.24, 2.45) is 0 Å². The smallest absolute Gasteiger partial charge is 0.238 e. The first-order chi connectivity index (χ1) is 9.15. The standard InChI is InChI=1S/C15H22N2O2/c1-4-10-16-11-15(18)17-13-6-8-14(9-7-13)19-12(3)5-2/h4,6-9,12,16H,1,5,10-11H2,2-3H3,(H,17,18). The second kappa shape index (κ2) is 8.32. The molecule has 0 aliphatic heterocycles. The highest BCUT2D eigenvalue weighted by molar-refractivity contribution is 5.92. The number of benzene rings is 1. The fourth-order valence-electron chi connectivity index (χ4n) is 1.43. The molecule has 0 aromatic heterocycles. The topological polar surface area (TPSA) is 50.4 Å². The molecule has 19 heavy (non-hydrogen) atoms. The van der Waals surface area contributed by atoms with Crippen molar-refractivity contribution in [1.29, 1.82) is 0 Å². The summed E-state index contributed by atoms with van der Waals surface area (Å²) >= 11 is 0. The minimum atomic E-state index is -0.0718. The maximum atomic E-state index is 11.6. The first-order valence-electron chi connectivity index (χ1n) is 6.54. The molecule has 0 fully saturated rings. The Labute approximate surface area is 114 Å². The molecule has 1 aromatic carbocycles. The average Bonchev–Trinajstić information content (AvgIpc) is 2.41. The zero-order chi connectivity index (χ0) is 14.1. The fraction of sp³-hybridized carbons (Fsp3) is 0.400. The molecular formula is C15H22N2O2. The lowest BCUT2D eigenvalue weighted by atomic mass is 10.2. The van der Waals surface area contributed by atoms with Gasteiger partial charge in [-0.05, 0) is 37.6 Å². The van der Waals surface area contributed by atoms with Crippen LogP contribution in [0.15, 0.2) is 36.9 Å². The van der Waals surface area contributed by atoms with E-state index in [-0.39, 0.29) is 18.6 Å². The number of ether oxygens (including phenoxy) is 1. The first kappa shape index (κ1) is 15.2. The Bertz CT molecular complexity index is 401. The quantitative estimate of drug-likeness (QED) is 0.559. The van der Waals surface area contributed by atoms with Crippen LogP contribution < -0.4 is 15.4 Å². The van der Waals surface area contributed by atoms with Crippen LogP contribution in [0.25, 0.3) is 0 Å². The minimum absolute atomic E-state index is 0.0718. The normalized spacial score (nSPS) is 11.7. The highest BCUT2D eigenvalue weighted by Gasteiger charge is 2.03. The zero-order valence-electron chi connectivity index (χ0n) is 11.6. The van der Waals surface area contributed by atoms with Crippen molar-refractivity contribution in [2.75, 3.05) is 18.4 Å². The van der Waals surface area contributed by atoms with Gasteiger partial charge in [0.1, 0.15) is 5.75 Å². The summed E-state index contributed by atoms with van der Waals surface area (Å²) < 4.78 is 5.67. The summed E-state index contributed by atoms with van der Waals surface area (Å²) in [6.07, 6.45) is 2.88. The molecule has 2 N–H and O–H groups in total. The lowest BCUT2D eigenvalue weighted by Gasteiger charge is -2.13. The Balaban J connectivity index is 2.43. The summed E-state index contributed by atoms with van der Waals surface area (Å²) in [5.41, 5.74) is 0.766. The van der Waals surface area contributed by atoms with Crippen LogP contribution in [0.2, 0.25) is 0 Å². The summed E-state index contributed by atoms with van der Waals surface area (Å²) in [5.74, 6) is 0.745. The Morgan fingerprint density at radius 3 is 2.68 bits per heavy atom. The number of carbonyl (C=O) groups is 1. The van der Waals surface area contributed by atoms with Crippen molar-refractivity contribution in [3.63, 3.8) is 0 Å². The third-order valence-corrected chi connectivity index (χ3v) is 2.62. The first-order valence-corrected chi connectivity index (χ1v) is 6.54. The minimum Gasteiger partial charge on any atom is -0.491 e. The van der Waals surface area contributed by atoms with Gasteiger partial charge < -0.3 is 15.4 Å². The number of carbonyl (C=O) groups excluding carboxylic acids is 1. The molecule has 0 saturated heterocycles. The second-order valence-electron chi connectivity index (χ2n) is 4.33. The highest BCUT2D eigenvalue weighted by Crippen LogP contribution is 2.17. The average molecular weight is 262 g/mol. The number of anilines is 1. The van der Waals surface area contributed by atoms with E-state index in [2.05, 4.69) is 24.1 Å². The number of hydrogen-bond acceptors (Lipinski definition) is 3. The maximum absolute atomic E-state index is 11.6. The van der Waals surface area contributed by atoms with Crippen LogP contribution >= 0.6 is 0 Å². The summed E-state index contributed by atoms with van der Waals surface area (Å²) in [7, 11) is 0. The van der Waals surface area contributed by atoms with Crippen molar-refractivity contribution in [1.82, 2.24) is 5.32 Å². The molecule has 0 spiro atoms. The third kappa shape index (κ3) is 6.06. The van der Waals surface area contributed by atoms with E-state index in [9.17, 15) is 4.79 Å². The van der Waals surface area contributed by atoms with Gasteiger partial charge >= 0.3 is 0 Å². The molecule has 0 saturated carbocycles. The molecule has 1 rings (SSSR count). The van der Waals surface area contributed by atoms with E-state index in [0.717, 1.165) is 17.9 Å². The van der Waals surface area contributed by atoms with Crippen LogP contribution in [0, 0.1) is 0 Å². The molecule has 4 nitrogen and oxygen atoms in total. The van der Waals surface area contributed by atoms with Gasteiger partial charge in [-0.25, -0.2) is 0 Å². The molecular weight excluding hydrogens is 240 g/mol. The number of nitrogens with one attached hydrogen (secondary N) is 2. The van der Waals surface area contributed by atoms with Gasteiger partial charge in [-0.3, -0.25) is 4.79 Å². The van der Waals surface area contributed by atoms with Gasteiger partial charge in [-0.2, -0.15) is 0 Å². The van der Waals surface area contributed by atoms with Gasteiger partial charge in [-0.15, -0.1) is 6.58 Å². The Hall–Kier alpha value is -1.81. The van der Waals surface area contributed by atoms with Gasteiger partial charge in [0.25, 0.3) is 0 Å². The van der Waals surface area contributed by atoms with Crippen molar-refractivity contribution in [2.45, 2.75) is 26.4 Å². The lowest BCUT2D eigenvalue weighted by Crippen LogP contribution is -2.28. The van der Waals surface area contributed by atoms with Gasteiger partial charge in [0.2, 0.25) is 5.91 Å². The predicted octanol–water partition coefficient (Wildman–Crippen LogP) is 2.58. The van der Waals surface area contributed by atoms with Crippen molar-refractivity contribution < 1.29 is 9.53 Å². The lowest BCUT2D eigenvalue weighted by molar-refractivity contribution is -0.115. The summed E-state index contributed by atoms with van der Waals surface area (Å²) in [5, 5.41) is 5.75. The van der Waals surface area contributed by atoms with E-state index in [4.69, 9.17) is 4.74 Å². The Kier molecular flexibility index (Phi) is 6.68. The van der Waals surface area contributed by atoms with Crippen LogP contribution in [-0.2, 0) is 4.79 Å². The molecule has 4 heteroatoms. The van der Waals surface area contributed by atoms with E-state index >= 15 is 0 Å². The van der Waals surface area contributed by atoms with E-state index < -0.39 is 0 Å². The van der Waals surface area contributed by atoms with Crippen molar-refractivity contribution in [3.05, 3.63) is 36.9 Å². The monoisotopic (exact) mass is 262 g/mol. The molecule has 0 heterocycles. The number of rotatable bonds is 8. The molecule has 0 aliphatic carbocycles. The van der Waals surface area contributed by atoms with Gasteiger partial charge in [0.05, 0.1) is 12.6 Å². The van der Waals surface area contributed by atoms with Crippen LogP contribution in [-0.4, -0.2) is 25.1 Å². The number of hydrogen-bond donors (Lipinski definition) is 2. The molecule has 0 bridgehead atoms. The summed E-state index contributed by atoms with van der Waals surface area (Å²) in [4.78, 5) is 11.6. The largest absolute Gasteiger partial charge is 0.491 e.